The first-order valence-corrected chi connectivity index (χ1v) is 7.57. The Hall–Kier alpha value is -0.900. The summed E-state index contributed by atoms with van der Waals surface area (Å²) in [5, 5.41) is 3.45. The van der Waals surface area contributed by atoms with Crippen molar-refractivity contribution in [1.82, 2.24) is 15.1 Å². The monoisotopic (exact) mass is 261 g/mol. The summed E-state index contributed by atoms with van der Waals surface area (Å²) >= 11 is 0. The van der Waals surface area contributed by atoms with Crippen LogP contribution in [0.15, 0.2) is 30.3 Å². The Morgan fingerprint density at radius 1 is 1.11 bits per heavy atom. The van der Waals surface area contributed by atoms with Crippen LogP contribution in [0.25, 0.3) is 0 Å². The molecule has 1 N–H and O–H groups in total. The van der Waals surface area contributed by atoms with Crippen LogP contribution in [0.1, 0.15) is 25.5 Å². The lowest BCUT2D eigenvalue weighted by atomic mass is 10.0. The summed E-state index contributed by atoms with van der Waals surface area (Å²) < 4.78 is 0. The molecule has 19 heavy (non-hydrogen) atoms. The van der Waals surface area contributed by atoms with Crippen molar-refractivity contribution in [3.63, 3.8) is 0 Å². The highest BCUT2D eigenvalue weighted by atomic mass is 15.2. The first kappa shape index (κ1) is 14.5. The lowest BCUT2D eigenvalue weighted by Gasteiger charge is -2.37. The number of rotatable bonds is 6. The van der Waals surface area contributed by atoms with Gasteiger partial charge in [0.2, 0.25) is 0 Å². The van der Waals surface area contributed by atoms with Gasteiger partial charge < -0.3 is 10.2 Å². The first-order valence-electron chi connectivity index (χ1n) is 7.57. The van der Waals surface area contributed by atoms with Gasteiger partial charge in [0.15, 0.2) is 0 Å². The average molecular weight is 261 g/mol. The van der Waals surface area contributed by atoms with E-state index in [2.05, 4.69) is 59.3 Å². The fraction of sp³-hybridized carbons (Fsp3) is 0.625. The molecule has 1 aromatic rings. The molecule has 1 fully saturated rings. The summed E-state index contributed by atoms with van der Waals surface area (Å²) in [5.41, 5.74) is 1.45. The predicted molar refractivity (Wildman–Crippen MR) is 81.4 cm³/mol. The molecular formula is C16H27N3. The Balaban J connectivity index is 2.12. The number of piperazine rings is 1. The van der Waals surface area contributed by atoms with Crippen LogP contribution < -0.4 is 5.32 Å². The summed E-state index contributed by atoms with van der Waals surface area (Å²) in [6, 6.07) is 11.5. The highest BCUT2D eigenvalue weighted by Crippen LogP contribution is 2.22. The molecule has 0 aliphatic carbocycles. The molecule has 1 unspecified atom stereocenters. The van der Waals surface area contributed by atoms with Gasteiger partial charge in [0.05, 0.1) is 0 Å². The highest BCUT2D eigenvalue weighted by Gasteiger charge is 2.23. The Kier molecular flexibility index (Phi) is 5.83. The number of likely N-dealkylation sites (N-methyl/N-ethyl adjacent to an activating group) is 1. The van der Waals surface area contributed by atoms with Gasteiger partial charge in [-0.05, 0) is 18.7 Å². The smallest absolute Gasteiger partial charge is 0.0476 e. The largest absolute Gasteiger partial charge is 0.314 e. The van der Waals surface area contributed by atoms with Gasteiger partial charge >= 0.3 is 0 Å². The van der Waals surface area contributed by atoms with Crippen LogP contribution in [0.4, 0.5) is 0 Å². The van der Waals surface area contributed by atoms with Crippen LogP contribution in [0, 0.1) is 0 Å². The van der Waals surface area contributed by atoms with E-state index in [-0.39, 0.29) is 0 Å². The van der Waals surface area contributed by atoms with Crippen molar-refractivity contribution < 1.29 is 0 Å². The number of hydrogen-bond donors (Lipinski definition) is 1. The molecule has 3 heteroatoms. The van der Waals surface area contributed by atoms with Crippen LogP contribution in [0.3, 0.4) is 0 Å². The molecule has 1 saturated heterocycles. The molecule has 1 atom stereocenters. The van der Waals surface area contributed by atoms with Crippen LogP contribution in [0.2, 0.25) is 0 Å². The molecule has 0 amide bonds. The maximum atomic E-state index is 3.45. The third kappa shape index (κ3) is 4.03. The third-order valence-corrected chi connectivity index (χ3v) is 4.10. The predicted octanol–water partition coefficient (Wildman–Crippen LogP) is 1.97. The van der Waals surface area contributed by atoms with E-state index in [1.807, 2.05) is 0 Å². The second kappa shape index (κ2) is 7.63. The fourth-order valence-electron chi connectivity index (χ4n) is 2.83. The van der Waals surface area contributed by atoms with E-state index < -0.39 is 0 Å². The normalized spacial score (nSPS) is 18.7. The van der Waals surface area contributed by atoms with Crippen LogP contribution in [-0.4, -0.2) is 55.6 Å². The molecule has 2 rings (SSSR count). The van der Waals surface area contributed by atoms with E-state index in [0.29, 0.717) is 6.04 Å². The van der Waals surface area contributed by atoms with Crippen LogP contribution >= 0.6 is 0 Å². The first-order chi connectivity index (χ1) is 9.35. The van der Waals surface area contributed by atoms with E-state index in [9.17, 15) is 0 Å². The summed E-state index contributed by atoms with van der Waals surface area (Å²) in [6.45, 7) is 12.4. The van der Waals surface area contributed by atoms with E-state index in [1.54, 1.807) is 0 Å². The van der Waals surface area contributed by atoms with Gasteiger partial charge in [0.25, 0.3) is 0 Å². The van der Waals surface area contributed by atoms with E-state index >= 15 is 0 Å². The maximum Gasteiger partial charge on any atom is 0.0476 e. The molecule has 106 valence electrons. The molecule has 0 radical (unpaired) electrons. The van der Waals surface area contributed by atoms with Crippen molar-refractivity contribution >= 4 is 0 Å². The summed E-state index contributed by atoms with van der Waals surface area (Å²) in [6.07, 6.45) is 0. The lowest BCUT2D eigenvalue weighted by Crippen LogP contribution is -2.48. The van der Waals surface area contributed by atoms with Crippen molar-refractivity contribution in [1.29, 1.82) is 0 Å². The minimum atomic E-state index is 0.531. The standard InChI is InChI=1S/C16H27N3/c1-3-18(4-2)14-16(15-8-6-5-7-9-15)19-12-10-17-11-13-19/h5-9,16-17H,3-4,10-14H2,1-2H3. The summed E-state index contributed by atoms with van der Waals surface area (Å²) in [4.78, 5) is 5.16. The molecule has 1 heterocycles. The lowest BCUT2D eigenvalue weighted by molar-refractivity contribution is 0.129. The fourth-order valence-corrected chi connectivity index (χ4v) is 2.83. The average Bonchev–Trinajstić information content (AvgIpc) is 2.50. The molecule has 0 bridgehead atoms. The topological polar surface area (TPSA) is 18.5 Å². The number of benzene rings is 1. The van der Waals surface area contributed by atoms with Crippen LogP contribution in [-0.2, 0) is 0 Å². The van der Waals surface area contributed by atoms with Crippen LogP contribution in [0.5, 0.6) is 0 Å². The van der Waals surface area contributed by atoms with Crippen molar-refractivity contribution in [3.05, 3.63) is 35.9 Å². The SMILES string of the molecule is CCN(CC)CC(c1ccccc1)N1CCNCC1. The quantitative estimate of drug-likeness (QED) is 0.845. The zero-order chi connectivity index (χ0) is 13.5. The Bertz CT molecular complexity index is 342. The Morgan fingerprint density at radius 2 is 1.74 bits per heavy atom. The molecule has 0 aromatic heterocycles. The van der Waals surface area contributed by atoms with Gasteiger partial charge in [-0.3, -0.25) is 4.90 Å². The van der Waals surface area contributed by atoms with Gasteiger partial charge in [-0.2, -0.15) is 0 Å². The molecule has 1 aromatic carbocycles. The zero-order valence-electron chi connectivity index (χ0n) is 12.3. The van der Waals surface area contributed by atoms with Gasteiger partial charge in [-0.15, -0.1) is 0 Å². The number of nitrogens with one attached hydrogen (secondary N) is 1. The molecule has 0 spiro atoms. The molecule has 1 aliphatic rings. The third-order valence-electron chi connectivity index (χ3n) is 4.10. The number of hydrogen-bond acceptors (Lipinski definition) is 3. The molecule has 0 saturated carbocycles. The van der Waals surface area contributed by atoms with E-state index in [1.165, 1.54) is 5.56 Å². The zero-order valence-corrected chi connectivity index (χ0v) is 12.3. The highest BCUT2D eigenvalue weighted by molar-refractivity contribution is 5.19. The molecule has 3 nitrogen and oxygen atoms in total. The van der Waals surface area contributed by atoms with Crippen molar-refractivity contribution in [2.24, 2.45) is 0 Å². The van der Waals surface area contributed by atoms with Crippen molar-refractivity contribution in [3.8, 4) is 0 Å². The van der Waals surface area contributed by atoms with Gasteiger partial charge in [0, 0.05) is 38.8 Å². The van der Waals surface area contributed by atoms with E-state index in [4.69, 9.17) is 0 Å². The van der Waals surface area contributed by atoms with Gasteiger partial charge in [-0.1, -0.05) is 44.2 Å². The Labute approximate surface area is 117 Å². The maximum absolute atomic E-state index is 3.45. The summed E-state index contributed by atoms with van der Waals surface area (Å²) in [5.74, 6) is 0. The molecule has 1 aliphatic heterocycles. The van der Waals surface area contributed by atoms with Crippen molar-refractivity contribution in [2.75, 3.05) is 45.8 Å². The second-order valence-corrected chi connectivity index (χ2v) is 5.20. The Morgan fingerprint density at radius 3 is 2.32 bits per heavy atom. The summed E-state index contributed by atoms with van der Waals surface area (Å²) in [7, 11) is 0. The van der Waals surface area contributed by atoms with Gasteiger partial charge in [-0.25, -0.2) is 0 Å². The minimum absolute atomic E-state index is 0.531. The van der Waals surface area contributed by atoms with Crippen molar-refractivity contribution in [2.45, 2.75) is 19.9 Å². The second-order valence-electron chi connectivity index (χ2n) is 5.20. The van der Waals surface area contributed by atoms with Gasteiger partial charge in [0.1, 0.15) is 0 Å². The molecular weight excluding hydrogens is 234 g/mol. The number of nitrogens with zero attached hydrogens (tertiary/aromatic N) is 2. The van der Waals surface area contributed by atoms with E-state index in [0.717, 1.165) is 45.8 Å². The minimum Gasteiger partial charge on any atom is -0.314 e.